The monoisotopic (exact) mass is 328 g/mol. The third-order valence-electron chi connectivity index (χ3n) is 4.41. The van der Waals surface area contributed by atoms with Crippen LogP contribution < -0.4 is 4.90 Å². The van der Waals surface area contributed by atoms with Crippen molar-refractivity contribution in [3.8, 4) is 0 Å². The first-order chi connectivity index (χ1) is 11.7. The Kier molecular flexibility index (Phi) is 5.11. The van der Waals surface area contributed by atoms with Gasteiger partial charge in [-0.05, 0) is 29.8 Å². The summed E-state index contributed by atoms with van der Waals surface area (Å²) >= 11 is 0. The van der Waals surface area contributed by atoms with Gasteiger partial charge >= 0.3 is 5.97 Å². The number of anilines is 1. The SMILES string of the molecule is COC(=O)[C@@H](c1ccc(F)cc1)N1CCN(c2ccccc2)CC1. The van der Waals surface area contributed by atoms with E-state index in [2.05, 4.69) is 21.9 Å². The lowest BCUT2D eigenvalue weighted by Crippen LogP contribution is -2.49. The molecule has 1 saturated heterocycles. The van der Waals surface area contributed by atoms with Crippen LogP contribution in [0.15, 0.2) is 54.6 Å². The van der Waals surface area contributed by atoms with E-state index in [0.29, 0.717) is 0 Å². The Morgan fingerprint density at radius 1 is 1.00 bits per heavy atom. The maximum absolute atomic E-state index is 13.2. The van der Waals surface area contributed by atoms with Gasteiger partial charge in [0.15, 0.2) is 0 Å². The lowest BCUT2D eigenvalue weighted by molar-refractivity contribution is -0.147. The predicted octanol–water partition coefficient (Wildman–Crippen LogP) is 2.86. The number of methoxy groups -OCH3 is 1. The summed E-state index contributed by atoms with van der Waals surface area (Å²) in [5, 5.41) is 0. The van der Waals surface area contributed by atoms with Gasteiger partial charge in [0, 0.05) is 31.9 Å². The number of hydrogen-bond donors (Lipinski definition) is 0. The summed E-state index contributed by atoms with van der Waals surface area (Å²) < 4.78 is 18.2. The molecule has 0 bridgehead atoms. The van der Waals surface area contributed by atoms with Crippen LogP contribution in [0.4, 0.5) is 10.1 Å². The molecule has 1 aliphatic rings. The molecule has 0 aromatic heterocycles. The van der Waals surface area contributed by atoms with Gasteiger partial charge in [0.1, 0.15) is 11.9 Å². The van der Waals surface area contributed by atoms with E-state index in [9.17, 15) is 9.18 Å². The quantitative estimate of drug-likeness (QED) is 0.808. The van der Waals surface area contributed by atoms with Gasteiger partial charge in [-0.25, -0.2) is 9.18 Å². The van der Waals surface area contributed by atoms with E-state index in [-0.39, 0.29) is 11.8 Å². The number of hydrogen-bond acceptors (Lipinski definition) is 4. The minimum Gasteiger partial charge on any atom is -0.468 e. The molecule has 1 aliphatic heterocycles. The summed E-state index contributed by atoms with van der Waals surface area (Å²) in [7, 11) is 1.39. The van der Waals surface area contributed by atoms with Crippen LogP contribution in [0, 0.1) is 5.82 Å². The number of para-hydroxylation sites is 1. The van der Waals surface area contributed by atoms with Gasteiger partial charge in [-0.15, -0.1) is 0 Å². The fourth-order valence-corrected chi connectivity index (χ4v) is 3.13. The molecule has 1 fully saturated rings. The van der Waals surface area contributed by atoms with Gasteiger partial charge in [0.25, 0.3) is 0 Å². The summed E-state index contributed by atoms with van der Waals surface area (Å²) in [6, 6.07) is 15.8. The number of piperazine rings is 1. The van der Waals surface area contributed by atoms with Gasteiger partial charge in [0.05, 0.1) is 7.11 Å². The van der Waals surface area contributed by atoms with Crippen LogP contribution in [0.3, 0.4) is 0 Å². The largest absolute Gasteiger partial charge is 0.468 e. The third-order valence-corrected chi connectivity index (χ3v) is 4.41. The van der Waals surface area contributed by atoms with Gasteiger partial charge in [-0.1, -0.05) is 30.3 Å². The van der Waals surface area contributed by atoms with Gasteiger partial charge in [0.2, 0.25) is 0 Å². The Morgan fingerprint density at radius 2 is 1.62 bits per heavy atom. The van der Waals surface area contributed by atoms with Crippen molar-refractivity contribution in [1.82, 2.24) is 4.90 Å². The van der Waals surface area contributed by atoms with Crippen LogP contribution >= 0.6 is 0 Å². The van der Waals surface area contributed by atoms with E-state index in [1.807, 2.05) is 18.2 Å². The smallest absolute Gasteiger partial charge is 0.327 e. The Balaban J connectivity index is 1.73. The average Bonchev–Trinajstić information content (AvgIpc) is 2.64. The minimum atomic E-state index is -0.492. The summed E-state index contributed by atoms with van der Waals surface area (Å²) in [5.74, 6) is -0.619. The van der Waals surface area contributed by atoms with Crippen molar-refractivity contribution in [2.45, 2.75) is 6.04 Å². The molecule has 0 saturated carbocycles. The molecule has 2 aromatic rings. The van der Waals surface area contributed by atoms with Gasteiger partial charge in [-0.3, -0.25) is 4.90 Å². The molecular formula is C19H21FN2O2. The highest BCUT2D eigenvalue weighted by Crippen LogP contribution is 2.25. The Bertz CT molecular complexity index is 668. The number of carbonyl (C=O) groups excluding carboxylic acids is 1. The lowest BCUT2D eigenvalue weighted by atomic mass is 10.0. The standard InChI is InChI=1S/C19H21FN2O2/c1-24-19(23)18(15-7-9-16(20)10-8-15)22-13-11-21(12-14-22)17-5-3-2-4-6-17/h2-10,18H,11-14H2,1H3/t18-/m1/s1. The van der Waals surface area contributed by atoms with Crippen molar-refractivity contribution in [1.29, 1.82) is 0 Å². The van der Waals surface area contributed by atoms with Crippen LogP contribution in [-0.4, -0.2) is 44.2 Å². The summed E-state index contributed by atoms with van der Waals surface area (Å²) in [4.78, 5) is 16.7. The molecular weight excluding hydrogens is 307 g/mol. The second kappa shape index (κ2) is 7.45. The molecule has 24 heavy (non-hydrogen) atoms. The second-order valence-electron chi connectivity index (χ2n) is 5.84. The Labute approximate surface area is 141 Å². The number of benzene rings is 2. The highest BCUT2D eigenvalue weighted by molar-refractivity contribution is 5.77. The van der Waals surface area contributed by atoms with Gasteiger partial charge < -0.3 is 9.64 Å². The molecule has 0 amide bonds. The molecule has 4 nitrogen and oxygen atoms in total. The van der Waals surface area contributed by atoms with E-state index >= 15 is 0 Å². The fraction of sp³-hybridized carbons (Fsp3) is 0.316. The minimum absolute atomic E-state index is 0.309. The highest BCUT2D eigenvalue weighted by atomic mass is 19.1. The Morgan fingerprint density at radius 3 is 2.21 bits per heavy atom. The lowest BCUT2D eigenvalue weighted by Gasteiger charge is -2.39. The summed E-state index contributed by atoms with van der Waals surface area (Å²) in [6.07, 6.45) is 0. The average molecular weight is 328 g/mol. The van der Waals surface area contributed by atoms with Crippen molar-refractivity contribution in [2.75, 3.05) is 38.2 Å². The van der Waals surface area contributed by atoms with E-state index in [1.165, 1.54) is 24.9 Å². The van der Waals surface area contributed by atoms with E-state index < -0.39 is 6.04 Å². The van der Waals surface area contributed by atoms with Crippen molar-refractivity contribution in [2.24, 2.45) is 0 Å². The van der Waals surface area contributed by atoms with Crippen LogP contribution in [0.1, 0.15) is 11.6 Å². The van der Waals surface area contributed by atoms with Crippen LogP contribution in [0.2, 0.25) is 0 Å². The molecule has 0 N–H and O–H groups in total. The first-order valence-electron chi connectivity index (χ1n) is 8.06. The molecule has 0 radical (unpaired) electrons. The van der Waals surface area contributed by atoms with E-state index in [4.69, 9.17) is 4.74 Å². The molecule has 0 aliphatic carbocycles. The molecule has 1 atom stereocenters. The van der Waals surface area contributed by atoms with Crippen LogP contribution in [0.5, 0.6) is 0 Å². The van der Waals surface area contributed by atoms with Crippen molar-refractivity contribution < 1.29 is 13.9 Å². The maximum Gasteiger partial charge on any atom is 0.327 e. The first kappa shape index (κ1) is 16.5. The third kappa shape index (κ3) is 3.57. The van der Waals surface area contributed by atoms with E-state index in [0.717, 1.165) is 31.7 Å². The molecule has 1 heterocycles. The molecule has 0 unspecified atom stereocenters. The number of rotatable bonds is 4. The number of nitrogens with zero attached hydrogens (tertiary/aromatic N) is 2. The fourth-order valence-electron chi connectivity index (χ4n) is 3.13. The van der Waals surface area contributed by atoms with E-state index in [1.54, 1.807) is 12.1 Å². The predicted molar refractivity (Wildman–Crippen MR) is 91.4 cm³/mol. The highest BCUT2D eigenvalue weighted by Gasteiger charge is 2.31. The summed E-state index contributed by atoms with van der Waals surface area (Å²) in [5.41, 5.74) is 1.95. The number of carbonyl (C=O) groups is 1. The van der Waals surface area contributed by atoms with Crippen molar-refractivity contribution >= 4 is 11.7 Å². The number of esters is 1. The molecule has 5 heteroatoms. The normalized spacial score (nSPS) is 16.7. The van der Waals surface area contributed by atoms with Crippen molar-refractivity contribution in [3.63, 3.8) is 0 Å². The zero-order valence-electron chi connectivity index (χ0n) is 13.7. The zero-order valence-corrected chi connectivity index (χ0v) is 13.7. The first-order valence-corrected chi connectivity index (χ1v) is 8.06. The summed E-state index contributed by atoms with van der Waals surface area (Å²) in [6.45, 7) is 3.15. The molecule has 126 valence electrons. The van der Waals surface area contributed by atoms with Gasteiger partial charge in [-0.2, -0.15) is 0 Å². The number of ether oxygens (including phenoxy) is 1. The van der Waals surface area contributed by atoms with Crippen molar-refractivity contribution in [3.05, 3.63) is 66.0 Å². The topological polar surface area (TPSA) is 32.8 Å². The zero-order chi connectivity index (χ0) is 16.9. The second-order valence-corrected chi connectivity index (χ2v) is 5.84. The van der Waals surface area contributed by atoms with Crippen LogP contribution in [0.25, 0.3) is 0 Å². The van der Waals surface area contributed by atoms with Crippen LogP contribution in [-0.2, 0) is 9.53 Å². The molecule has 0 spiro atoms. The maximum atomic E-state index is 13.2. The molecule has 3 rings (SSSR count). The Hall–Kier alpha value is -2.40. The number of halogens is 1. The molecule has 2 aromatic carbocycles.